The number of aliphatic hydroxyl groups excluding tert-OH is 1. The molecule has 3 fully saturated rings. The number of benzene rings is 1. The molecule has 0 spiro atoms. The Morgan fingerprint density at radius 1 is 1.23 bits per heavy atom. The first kappa shape index (κ1) is 28.4. The van der Waals surface area contributed by atoms with Crippen molar-refractivity contribution in [2.75, 3.05) is 68.5 Å². The Balaban J connectivity index is 1.29. The Bertz CT molecular complexity index is 1210. The van der Waals surface area contributed by atoms with Gasteiger partial charge in [0.25, 0.3) is 0 Å². The summed E-state index contributed by atoms with van der Waals surface area (Å²) >= 11 is 0. The molecule has 1 aromatic carbocycles. The molecule has 3 aliphatic rings. The smallest absolute Gasteiger partial charge is 0.389 e. The van der Waals surface area contributed by atoms with E-state index in [1.807, 2.05) is 18.2 Å². The van der Waals surface area contributed by atoms with Crippen LogP contribution in [0.4, 0.5) is 36.3 Å². The van der Waals surface area contributed by atoms with Gasteiger partial charge in [0.15, 0.2) is 0 Å². The van der Waals surface area contributed by atoms with Crippen molar-refractivity contribution in [1.29, 1.82) is 0 Å². The third-order valence-electron chi connectivity index (χ3n) is 7.89. The van der Waals surface area contributed by atoms with Crippen LogP contribution >= 0.6 is 0 Å². The van der Waals surface area contributed by atoms with E-state index in [1.54, 1.807) is 11.8 Å². The minimum Gasteiger partial charge on any atom is -0.389 e. The normalized spacial score (nSPS) is 22.5. The van der Waals surface area contributed by atoms with Gasteiger partial charge < -0.3 is 30.3 Å². The van der Waals surface area contributed by atoms with Gasteiger partial charge in [-0.1, -0.05) is 0 Å². The van der Waals surface area contributed by atoms with Crippen molar-refractivity contribution >= 4 is 29.0 Å². The molecule has 10 nitrogen and oxygen atoms in total. The molecule has 3 aliphatic heterocycles. The highest BCUT2D eigenvalue weighted by atomic mass is 19.4. The second kappa shape index (κ2) is 11.8. The van der Waals surface area contributed by atoms with Crippen LogP contribution in [0.2, 0.25) is 0 Å². The van der Waals surface area contributed by atoms with Gasteiger partial charge in [0.05, 0.1) is 25.7 Å². The van der Waals surface area contributed by atoms with Gasteiger partial charge in [-0.2, -0.15) is 18.2 Å². The molecule has 3 N–H and O–H groups in total. The van der Waals surface area contributed by atoms with Gasteiger partial charge in [0.2, 0.25) is 11.9 Å². The number of likely N-dealkylation sites (tertiary alicyclic amines) is 1. The van der Waals surface area contributed by atoms with E-state index in [4.69, 9.17) is 4.74 Å². The number of carbonyl (C=O) groups excluding carboxylic acids is 1. The first-order chi connectivity index (χ1) is 19.1. The summed E-state index contributed by atoms with van der Waals surface area (Å²) in [7, 11) is 2.13. The zero-order chi connectivity index (χ0) is 28.4. The van der Waals surface area contributed by atoms with Crippen LogP contribution < -0.4 is 15.5 Å². The van der Waals surface area contributed by atoms with Crippen LogP contribution in [-0.4, -0.2) is 95.9 Å². The number of aliphatic hydroxyl groups is 1. The molecule has 2 aromatic rings. The van der Waals surface area contributed by atoms with E-state index in [-0.39, 0.29) is 24.2 Å². The number of rotatable bonds is 9. The SMILES string of the molecule is CC(O)c1cc(N2C[C@H]3C[C@@H]2CN3C)ccc1Nc1ncc(C(F)(F)F)c(NCCCN2CCOCCC2=O)n1. The van der Waals surface area contributed by atoms with Gasteiger partial charge >= 0.3 is 6.18 Å². The molecule has 218 valence electrons. The molecule has 1 unspecified atom stereocenters. The van der Waals surface area contributed by atoms with E-state index in [0.717, 1.165) is 31.4 Å². The van der Waals surface area contributed by atoms with Gasteiger partial charge in [0, 0.05) is 67.9 Å². The predicted molar refractivity (Wildman–Crippen MR) is 145 cm³/mol. The van der Waals surface area contributed by atoms with Crippen molar-refractivity contribution in [2.45, 2.75) is 50.6 Å². The topological polar surface area (TPSA) is 106 Å². The van der Waals surface area contributed by atoms with Gasteiger partial charge in [0.1, 0.15) is 11.4 Å². The quantitative estimate of drug-likeness (QED) is 0.397. The zero-order valence-electron chi connectivity index (χ0n) is 22.7. The van der Waals surface area contributed by atoms with E-state index in [2.05, 4.69) is 37.4 Å². The molecule has 1 aromatic heterocycles. The van der Waals surface area contributed by atoms with Gasteiger partial charge in [-0.25, -0.2) is 4.98 Å². The van der Waals surface area contributed by atoms with Crippen molar-refractivity contribution in [2.24, 2.45) is 0 Å². The molecular formula is C27H36F3N7O3. The van der Waals surface area contributed by atoms with E-state index in [9.17, 15) is 23.1 Å². The summed E-state index contributed by atoms with van der Waals surface area (Å²) in [6.07, 6.45) is -2.85. The lowest BCUT2D eigenvalue weighted by atomic mass is 10.1. The summed E-state index contributed by atoms with van der Waals surface area (Å²) in [6, 6.07) is 6.62. The number of fused-ring (bicyclic) bond motifs is 2. The number of nitrogens with one attached hydrogen (secondary N) is 2. The summed E-state index contributed by atoms with van der Waals surface area (Å²) in [5.41, 5.74) is 1.16. The number of piperazine rings is 1. The first-order valence-electron chi connectivity index (χ1n) is 13.7. The average molecular weight is 564 g/mol. The maximum absolute atomic E-state index is 13.7. The van der Waals surface area contributed by atoms with E-state index >= 15 is 0 Å². The molecule has 1 amide bonds. The molecule has 3 saturated heterocycles. The first-order valence-corrected chi connectivity index (χ1v) is 13.7. The second-order valence-corrected chi connectivity index (χ2v) is 10.7. The summed E-state index contributed by atoms with van der Waals surface area (Å²) in [5.74, 6) is -0.388. The maximum Gasteiger partial charge on any atom is 0.421 e. The number of hydrogen-bond acceptors (Lipinski definition) is 9. The fourth-order valence-corrected chi connectivity index (χ4v) is 5.71. The summed E-state index contributed by atoms with van der Waals surface area (Å²) in [5, 5.41) is 16.3. The fourth-order valence-electron chi connectivity index (χ4n) is 5.71. The van der Waals surface area contributed by atoms with Crippen LogP contribution in [0.3, 0.4) is 0 Å². The minimum atomic E-state index is -4.64. The number of amides is 1. The number of hydrogen-bond donors (Lipinski definition) is 3. The monoisotopic (exact) mass is 563 g/mol. The number of anilines is 4. The highest BCUT2D eigenvalue weighted by Crippen LogP contribution is 2.38. The highest BCUT2D eigenvalue weighted by Gasteiger charge is 2.41. The third-order valence-corrected chi connectivity index (χ3v) is 7.89. The molecule has 5 rings (SSSR count). The van der Waals surface area contributed by atoms with Gasteiger partial charge in [-0.3, -0.25) is 9.69 Å². The van der Waals surface area contributed by atoms with Crippen molar-refractivity contribution in [3.05, 3.63) is 35.5 Å². The van der Waals surface area contributed by atoms with Crippen molar-refractivity contribution in [1.82, 2.24) is 19.8 Å². The van der Waals surface area contributed by atoms with Crippen LogP contribution in [0.15, 0.2) is 24.4 Å². The predicted octanol–water partition coefficient (Wildman–Crippen LogP) is 3.24. The van der Waals surface area contributed by atoms with Crippen LogP contribution in [0.25, 0.3) is 0 Å². The highest BCUT2D eigenvalue weighted by molar-refractivity contribution is 5.76. The number of alkyl halides is 3. The molecule has 0 saturated carbocycles. The average Bonchev–Trinajstić information content (AvgIpc) is 3.41. The minimum absolute atomic E-state index is 0.0214. The van der Waals surface area contributed by atoms with Crippen LogP contribution in [0, 0.1) is 0 Å². The number of likely N-dealkylation sites (N-methyl/N-ethyl adjacent to an activating group) is 1. The number of nitrogens with zero attached hydrogens (tertiary/aromatic N) is 5. The second-order valence-electron chi connectivity index (χ2n) is 10.7. The van der Waals surface area contributed by atoms with Gasteiger partial charge in [-0.15, -0.1) is 0 Å². The Morgan fingerprint density at radius 3 is 2.75 bits per heavy atom. The van der Waals surface area contributed by atoms with Crippen LogP contribution in [-0.2, 0) is 15.7 Å². The Labute approximate surface area is 231 Å². The lowest BCUT2D eigenvalue weighted by molar-refractivity contribution is -0.137. The maximum atomic E-state index is 13.7. The summed E-state index contributed by atoms with van der Waals surface area (Å²) in [6.45, 7) is 5.46. The van der Waals surface area contributed by atoms with Gasteiger partial charge in [-0.05, 0) is 45.0 Å². The molecule has 0 aliphatic carbocycles. The molecule has 4 heterocycles. The van der Waals surface area contributed by atoms with Crippen molar-refractivity contribution in [3.63, 3.8) is 0 Å². The number of carbonyl (C=O) groups is 1. The molecule has 13 heteroatoms. The Morgan fingerprint density at radius 2 is 2.05 bits per heavy atom. The van der Waals surface area contributed by atoms with E-state index < -0.39 is 17.8 Å². The van der Waals surface area contributed by atoms with E-state index in [1.165, 1.54) is 0 Å². The lowest BCUT2D eigenvalue weighted by Gasteiger charge is -2.34. The van der Waals surface area contributed by atoms with Crippen LogP contribution in [0.1, 0.15) is 43.4 Å². The van der Waals surface area contributed by atoms with E-state index in [0.29, 0.717) is 62.5 Å². The molecule has 2 bridgehead atoms. The zero-order valence-corrected chi connectivity index (χ0v) is 22.7. The number of aromatic nitrogens is 2. The van der Waals surface area contributed by atoms with Crippen molar-refractivity contribution in [3.8, 4) is 0 Å². The standard InChI is InChI=1S/C27H36F3N7O3/c1-17(38)21-13-18(37-16-19-12-20(37)15-35(19)2)4-5-23(21)33-26-32-14-22(27(28,29)30)25(34-26)31-7-3-8-36-9-11-40-10-6-24(36)39/h4-5,13-14,17,19-20,38H,3,6-12,15-16H2,1-2H3,(H2,31,32,33,34)/t17?,19-,20-/m1/s1. The van der Waals surface area contributed by atoms with Crippen molar-refractivity contribution < 1.29 is 27.8 Å². The fraction of sp³-hybridized carbons (Fsp3) is 0.593. The number of halogens is 3. The Kier molecular flexibility index (Phi) is 8.34. The summed E-state index contributed by atoms with van der Waals surface area (Å²) < 4.78 is 46.4. The molecular weight excluding hydrogens is 527 g/mol. The molecule has 40 heavy (non-hydrogen) atoms. The molecule has 3 atom stereocenters. The van der Waals surface area contributed by atoms with Crippen LogP contribution in [0.5, 0.6) is 0 Å². The third kappa shape index (κ3) is 6.26. The molecule has 0 radical (unpaired) electrons. The Hall–Kier alpha value is -3.16. The summed E-state index contributed by atoms with van der Waals surface area (Å²) in [4.78, 5) is 26.6. The largest absolute Gasteiger partial charge is 0.421 e. The lowest BCUT2D eigenvalue weighted by Crippen LogP contribution is -2.44. The number of ether oxygens (including phenoxy) is 1.